The SMILES string of the molecule is CCOC(=O)CNC(=O)Nc1c(C)cccc1C(C)(C)C. The van der Waals surface area contributed by atoms with Gasteiger partial charge in [-0.1, -0.05) is 39.0 Å². The Morgan fingerprint density at radius 3 is 2.48 bits per heavy atom. The minimum atomic E-state index is -0.450. The van der Waals surface area contributed by atoms with Crippen LogP contribution in [-0.2, 0) is 14.9 Å². The van der Waals surface area contributed by atoms with Gasteiger partial charge >= 0.3 is 12.0 Å². The molecule has 0 radical (unpaired) electrons. The number of carbonyl (C=O) groups excluding carboxylic acids is 2. The molecule has 2 amide bonds. The molecule has 0 spiro atoms. The topological polar surface area (TPSA) is 67.4 Å². The number of hydrogen-bond acceptors (Lipinski definition) is 3. The first-order chi connectivity index (χ1) is 9.75. The average molecular weight is 292 g/mol. The van der Waals surface area contributed by atoms with Gasteiger partial charge in [0.15, 0.2) is 0 Å². The molecule has 5 nitrogen and oxygen atoms in total. The molecule has 0 bridgehead atoms. The highest BCUT2D eigenvalue weighted by molar-refractivity contribution is 5.93. The van der Waals surface area contributed by atoms with Gasteiger partial charge in [0.05, 0.1) is 6.61 Å². The van der Waals surface area contributed by atoms with Crippen molar-refractivity contribution in [2.24, 2.45) is 0 Å². The van der Waals surface area contributed by atoms with E-state index in [0.29, 0.717) is 6.61 Å². The van der Waals surface area contributed by atoms with Crippen molar-refractivity contribution in [3.63, 3.8) is 0 Å². The van der Waals surface area contributed by atoms with E-state index >= 15 is 0 Å². The second-order valence-electron chi connectivity index (χ2n) is 5.86. The van der Waals surface area contributed by atoms with Crippen LogP contribution in [0.25, 0.3) is 0 Å². The van der Waals surface area contributed by atoms with Gasteiger partial charge in [-0.2, -0.15) is 0 Å². The molecule has 0 atom stereocenters. The summed E-state index contributed by atoms with van der Waals surface area (Å²) in [7, 11) is 0. The van der Waals surface area contributed by atoms with E-state index in [2.05, 4.69) is 31.4 Å². The van der Waals surface area contributed by atoms with Gasteiger partial charge < -0.3 is 15.4 Å². The third-order valence-corrected chi connectivity index (χ3v) is 3.02. The van der Waals surface area contributed by atoms with Crippen molar-refractivity contribution in [3.8, 4) is 0 Å². The van der Waals surface area contributed by atoms with Crippen molar-refractivity contribution in [1.29, 1.82) is 0 Å². The van der Waals surface area contributed by atoms with Gasteiger partial charge in [0, 0.05) is 5.69 Å². The van der Waals surface area contributed by atoms with Crippen LogP contribution in [0.1, 0.15) is 38.8 Å². The normalized spacial score (nSPS) is 10.9. The summed E-state index contributed by atoms with van der Waals surface area (Å²) >= 11 is 0. The Kier molecular flexibility index (Phi) is 5.76. The van der Waals surface area contributed by atoms with Crippen molar-refractivity contribution in [3.05, 3.63) is 29.3 Å². The largest absolute Gasteiger partial charge is 0.465 e. The van der Waals surface area contributed by atoms with Crippen LogP contribution >= 0.6 is 0 Å². The summed E-state index contributed by atoms with van der Waals surface area (Å²) in [4.78, 5) is 23.2. The van der Waals surface area contributed by atoms with Gasteiger partial charge in [-0.25, -0.2) is 4.79 Å². The second kappa shape index (κ2) is 7.11. The van der Waals surface area contributed by atoms with Crippen LogP contribution in [-0.4, -0.2) is 25.2 Å². The van der Waals surface area contributed by atoms with E-state index in [0.717, 1.165) is 16.8 Å². The van der Waals surface area contributed by atoms with E-state index in [9.17, 15) is 9.59 Å². The van der Waals surface area contributed by atoms with Crippen LogP contribution in [0.15, 0.2) is 18.2 Å². The summed E-state index contributed by atoms with van der Waals surface area (Å²) in [5, 5.41) is 5.32. The fourth-order valence-electron chi connectivity index (χ4n) is 1.98. The van der Waals surface area contributed by atoms with E-state index in [1.807, 2.05) is 25.1 Å². The molecule has 0 aliphatic carbocycles. The number of carbonyl (C=O) groups is 2. The maximum Gasteiger partial charge on any atom is 0.325 e. The summed E-state index contributed by atoms with van der Waals surface area (Å²) in [5.41, 5.74) is 2.73. The Morgan fingerprint density at radius 1 is 1.24 bits per heavy atom. The molecule has 0 saturated heterocycles. The van der Waals surface area contributed by atoms with E-state index in [4.69, 9.17) is 4.74 Å². The summed E-state index contributed by atoms with van der Waals surface area (Å²) in [6.45, 7) is 10.1. The first-order valence-corrected chi connectivity index (χ1v) is 7.06. The molecule has 5 heteroatoms. The maximum atomic E-state index is 11.9. The van der Waals surface area contributed by atoms with Crippen molar-refractivity contribution in [1.82, 2.24) is 5.32 Å². The zero-order valence-corrected chi connectivity index (χ0v) is 13.4. The number of rotatable bonds is 4. The van der Waals surface area contributed by atoms with Crippen molar-refractivity contribution >= 4 is 17.7 Å². The molecule has 0 aromatic heterocycles. The minimum absolute atomic E-state index is 0.0875. The number of esters is 1. The number of nitrogens with one attached hydrogen (secondary N) is 2. The number of urea groups is 1. The molecule has 0 saturated carbocycles. The molecule has 1 rings (SSSR count). The molecule has 0 heterocycles. The number of aryl methyl sites for hydroxylation is 1. The van der Waals surface area contributed by atoms with Crippen LogP contribution in [0.3, 0.4) is 0 Å². The van der Waals surface area contributed by atoms with Crippen molar-refractivity contribution < 1.29 is 14.3 Å². The lowest BCUT2D eigenvalue weighted by Crippen LogP contribution is -2.35. The highest BCUT2D eigenvalue weighted by atomic mass is 16.5. The van der Waals surface area contributed by atoms with E-state index in [1.165, 1.54) is 0 Å². The van der Waals surface area contributed by atoms with Crippen LogP contribution in [0.2, 0.25) is 0 Å². The average Bonchev–Trinajstić information content (AvgIpc) is 2.38. The zero-order chi connectivity index (χ0) is 16.0. The van der Waals surface area contributed by atoms with Crippen LogP contribution in [0.4, 0.5) is 10.5 Å². The van der Waals surface area contributed by atoms with Crippen molar-refractivity contribution in [2.45, 2.75) is 40.0 Å². The highest BCUT2D eigenvalue weighted by Gasteiger charge is 2.20. The lowest BCUT2D eigenvalue weighted by atomic mass is 9.84. The minimum Gasteiger partial charge on any atom is -0.465 e. The molecule has 0 aliphatic heterocycles. The Hall–Kier alpha value is -2.04. The third kappa shape index (κ3) is 5.10. The number of para-hydroxylation sites is 1. The molecule has 116 valence electrons. The van der Waals surface area contributed by atoms with Crippen LogP contribution < -0.4 is 10.6 Å². The molecule has 0 fully saturated rings. The van der Waals surface area contributed by atoms with E-state index in [-0.39, 0.29) is 12.0 Å². The lowest BCUT2D eigenvalue weighted by molar-refractivity contribution is -0.141. The Balaban J connectivity index is 2.79. The van der Waals surface area contributed by atoms with Crippen LogP contribution in [0.5, 0.6) is 0 Å². The first-order valence-electron chi connectivity index (χ1n) is 7.06. The third-order valence-electron chi connectivity index (χ3n) is 3.02. The fraction of sp³-hybridized carbons (Fsp3) is 0.500. The zero-order valence-electron chi connectivity index (χ0n) is 13.4. The number of anilines is 1. The molecule has 1 aromatic rings. The van der Waals surface area contributed by atoms with E-state index < -0.39 is 12.0 Å². The predicted octanol–water partition coefficient (Wildman–Crippen LogP) is 2.98. The molecule has 0 unspecified atom stereocenters. The Bertz CT molecular complexity index is 519. The number of hydrogen-bond donors (Lipinski definition) is 2. The van der Waals surface area contributed by atoms with Gasteiger partial charge in [0.2, 0.25) is 0 Å². The standard InChI is InChI=1S/C16H24N2O3/c1-6-21-13(19)10-17-15(20)18-14-11(2)8-7-9-12(14)16(3,4)5/h7-9H,6,10H2,1-5H3,(H2,17,18,20). The number of benzene rings is 1. The predicted molar refractivity (Wildman–Crippen MR) is 83.5 cm³/mol. The smallest absolute Gasteiger partial charge is 0.325 e. The fourth-order valence-corrected chi connectivity index (χ4v) is 1.98. The number of amides is 2. The highest BCUT2D eigenvalue weighted by Crippen LogP contribution is 2.31. The van der Waals surface area contributed by atoms with Crippen LogP contribution in [0, 0.1) is 6.92 Å². The molecule has 1 aromatic carbocycles. The van der Waals surface area contributed by atoms with Gasteiger partial charge in [-0.15, -0.1) is 0 Å². The van der Waals surface area contributed by atoms with Crippen molar-refractivity contribution in [2.75, 3.05) is 18.5 Å². The monoisotopic (exact) mass is 292 g/mol. The van der Waals surface area contributed by atoms with E-state index in [1.54, 1.807) is 6.92 Å². The maximum absolute atomic E-state index is 11.9. The molecular weight excluding hydrogens is 268 g/mol. The summed E-state index contributed by atoms with van der Waals surface area (Å²) < 4.78 is 4.76. The van der Waals surface area contributed by atoms with Gasteiger partial charge in [-0.05, 0) is 30.4 Å². The summed E-state index contributed by atoms with van der Waals surface area (Å²) in [5.74, 6) is -0.450. The molecule has 21 heavy (non-hydrogen) atoms. The molecular formula is C16H24N2O3. The van der Waals surface area contributed by atoms with Gasteiger partial charge in [0.25, 0.3) is 0 Å². The molecule has 2 N–H and O–H groups in total. The second-order valence-corrected chi connectivity index (χ2v) is 5.86. The first kappa shape index (κ1) is 17.0. The summed E-state index contributed by atoms with van der Waals surface area (Å²) in [6, 6.07) is 5.49. The Morgan fingerprint density at radius 2 is 1.90 bits per heavy atom. The lowest BCUT2D eigenvalue weighted by Gasteiger charge is -2.24. The number of ether oxygens (including phenoxy) is 1. The molecule has 0 aliphatic rings. The summed E-state index contributed by atoms with van der Waals surface area (Å²) in [6.07, 6.45) is 0. The quantitative estimate of drug-likeness (QED) is 0.838. The Labute approximate surface area is 126 Å². The van der Waals surface area contributed by atoms with Gasteiger partial charge in [-0.3, -0.25) is 4.79 Å². The van der Waals surface area contributed by atoms with Gasteiger partial charge in [0.1, 0.15) is 6.54 Å².